The molecule has 47 heavy (non-hydrogen) atoms. The van der Waals surface area contributed by atoms with Gasteiger partial charge in [-0.25, -0.2) is 0 Å². The van der Waals surface area contributed by atoms with Crippen molar-refractivity contribution in [2.45, 2.75) is 98.5 Å². The maximum Gasteiger partial charge on any atom is 0.270 e. The maximum absolute atomic E-state index is 12.5. The van der Waals surface area contributed by atoms with Crippen LogP contribution in [0.15, 0.2) is 0 Å². The summed E-state index contributed by atoms with van der Waals surface area (Å²) < 4.78 is 103. The van der Waals surface area contributed by atoms with Gasteiger partial charge in [-0.05, 0) is 6.92 Å². The monoisotopic (exact) mass is 710 g/mol. The molecule has 0 aromatic rings. The normalized spacial score (nSPS) is 43.2. The van der Waals surface area contributed by atoms with Crippen LogP contribution in [-0.2, 0) is 67.0 Å². The van der Waals surface area contributed by atoms with Gasteiger partial charge in [0.25, 0.3) is 10.1 Å². The molecule has 0 aromatic carbocycles. The van der Waals surface area contributed by atoms with E-state index in [-0.39, 0.29) is 26.4 Å². The standard InChI is InChI=1S/C27H50O19S/c1-13-16(28)18(30)19(31)25(43-13)41-8-9-42-26-23(39-6)21(17(29)14(44-26)10-35-2)46-27(12-47(32,33)34)24(40-7)22(38-5)20(37-4)15(45-27)11-36-3/h13-26,28-31H,8-12H2,1-7H3,(H,32,33,34)/t13-,14+,15+,16+,17-,18+,19-,20+,21-,22-,23+,24+,25+,26+,27+/m0/s1. The number of hydrogen-bond donors (Lipinski definition) is 5. The highest BCUT2D eigenvalue weighted by molar-refractivity contribution is 7.85. The van der Waals surface area contributed by atoms with Crippen LogP contribution in [0.4, 0.5) is 0 Å². The van der Waals surface area contributed by atoms with E-state index in [1.807, 2.05) is 0 Å². The molecule has 3 aliphatic heterocycles. The molecule has 0 radical (unpaired) electrons. The van der Waals surface area contributed by atoms with Gasteiger partial charge >= 0.3 is 0 Å². The molecule has 3 aliphatic rings. The summed E-state index contributed by atoms with van der Waals surface area (Å²) in [6.07, 6.45) is -17.3. The second-order valence-corrected chi connectivity index (χ2v) is 12.9. The summed E-state index contributed by atoms with van der Waals surface area (Å²) in [7, 11) is 3.18. The highest BCUT2D eigenvalue weighted by atomic mass is 32.2. The van der Waals surface area contributed by atoms with Crippen LogP contribution in [0.25, 0.3) is 0 Å². The Morgan fingerprint density at radius 2 is 1.23 bits per heavy atom. The lowest BCUT2D eigenvalue weighted by atomic mass is 9.91. The Balaban J connectivity index is 1.90. The number of methoxy groups -OCH3 is 6. The zero-order chi connectivity index (χ0) is 35.1. The van der Waals surface area contributed by atoms with Gasteiger partial charge < -0.3 is 77.3 Å². The lowest BCUT2D eigenvalue weighted by Gasteiger charge is -2.54. The molecule has 3 heterocycles. The summed E-state index contributed by atoms with van der Waals surface area (Å²) in [6, 6.07) is 0. The van der Waals surface area contributed by atoms with E-state index in [1.54, 1.807) is 0 Å². The van der Waals surface area contributed by atoms with E-state index in [1.165, 1.54) is 49.6 Å². The van der Waals surface area contributed by atoms with E-state index in [2.05, 4.69) is 0 Å². The number of hydrogen-bond acceptors (Lipinski definition) is 18. The molecule has 0 amide bonds. The molecule has 3 saturated heterocycles. The predicted octanol–water partition coefficient (Wildman–Crippen LogP) is -3.35. The zero-order valence-electron chi connectivity index (χ0n) is 27.5. The highest BCUT2D eigenvalue weighted by Gasteiger charge is 2.62. The molecule has 0 bridgehead atoms. The van der Waals surface area contributed by atoms with Crippen LogP contribution in [0.1, 0.15) is 6.92 Å². The van der Waals surface area contributed by atoms with Gasteiger partial charge in [0.15, 0.2) is 12.6 Å². The summed E-state index contributed by atoms with van der Waals surface area (Å²) in [6.45, 7) is 0.851. The molecular formula is C27H50O19S. The van der Waals surface area contributed by atoms with Crippen LogP contribution in [0, 0.1) is 0 Å². The average molecular weight is 711 g/mol. The fourth-order valence-corrected chi connectivity index (χ4v) is 6.90. The van der Waals surface area contributed by atoms with E-state index >= 15 is 0 Å². The van der Waals surface area contributed by atoms with Crippen LogP contribution in [0.3, 0.4) is 0 Å². The molecule has 5 N–H and O–H groups in total. The molecule has 15 atom stereocenters. The van der Waals surface area contributed by atoms with Crippen LogP contribution in [0.5, 0.6) is 0 Å². The minimum Gasteiger partial charge on any atom is -0.388 e. The topological polar surface area (TPSA) is 246 Å². The first-order valence-corrected chi connectivity index (χ1v) is 16.5. The van der Waals surface area contributed by atoms with Crippen molar-refractivity contribution in [3.8, 4) is 0 Å². The Morgan fingerprint density at radius 3 is 1.77 bits per heavy atom. The minimum atomic E-state index is -4.85. The number of ether oxygens (including phenoxy) is 12. The van der Waals surface area contributed by atoms with Gasteiger partial charge in [0.1, 0.15) is 72.9 Å². The molecule has 3 fully saturated rings. The fourth-order valence-electron chi connectivity index (χ4n) is 6.09. The van der Waals surface area contributed by atoms with Crippen LogP contribution >= 0.6 is 0 Å². The van der Waals surface area contributed by atoms with Crippen molar-refractivity contribution in [3.05, 3.63) is 0 Å². The van der Waals surface area contributed by atoms with Crippen LogP contribution < -0.4 is 0 Å². The summed E-state index contributed by atoms with van der Waals surface area (Å²) in [5.41, 5.74) is 0. The second kappa shape index (κ2) is 18.0. The highest BCUT2D eigenvalue weighted by Crippen LogP contribution is 2.40. The minimum absolute atomic E-state index is 0.109. The Hall–Kier alpha value is -0.730. The van der Waals surface area contributed by atoms with Crippen LogP contribution in [-0.4, -0.2) is 200 Å². The van der Waals surface area contributed by atoms with Gasteiger partial charge in [0.2, 0.25) is 5.79 Å². The van der Waals surface area contributed by atoms with Gasteiger partial charge in [0, 0.05) is 42.7 Å². The van der Waals surface area contributed by atoms with Crippen molar-refractivity contribution in [1.29, 1.82) is 0 Å². The SMILES string of the molecule is COC[C@H]1O[C@@H](OCCO[C@@H]2O[C@@H](C)[C@@H](O)[C@@H](O)[C@@H]2O)[C@H](OC)[C@@H](O[C@@]2(CS(=O)(=O)O)O[C@H](COC)[C@@H](OC)[C@H](OC)[C@H]2OC)[C@H]1O. The van der Waals surface area contributed by atoms with Crippen molar-refractivity contribution < 1.29 is 90.2 Å². The smallest absolute Gasteiger partial charge is 0.270 e. The molecular weight excluding hydrogens is 660 g/mol. The third-order valence-electron chi connectivity index (χ3n) is 8.30. The van der Waals surface area contributed by atoms with Crippen molar-refractivity contribution in [2.24, 2.45) is 0 Å². The van der Waals surface area contributed by atoms with Gasteiger partial charge in [0.05, 0.1) is 32.5 Å². The Morgan fingerprint density at radius 1 is 0.660 bits per heavy atom. The number of rotatable bonds is 17. The largest absolute Gasteiger partial charge is 0.388 e. The molecule has 0 spiro atoms. The molecule has 278 valence electrons. The molecule has 20 heteroatoms. The molecule has 0 unspecified atom stereocenters. The summed E-state index contributed by atoms with van der Waals surface area (Å²) in [5, 5.41) is 41.6. The first-order valence-electron chi connectivity index (χ1n) is 14.9. The summed E-state index contributed by atoms with van der Waals surface area (Å²) in [5.74, 6) is -3.49. The van der Waals surface area contributed by atoms with Gasteiger partial charge in [-0.1, -0.05) is 0 Å². The Kier molecular flexibility index (Phi) is 15.6. The Bertz CT molecular complexity index is 1040. The van der Waals surface area contributed by atoms with Crippen molar-refractivity contribution >= 4 is 10.1 Å². The van der Waals surface area contributed by atoms with Gasteiger partial charge in [-0.15, -0.1) is 0 Å². The maximum atomic E-state index is 12.5. The molecule has 19 nitrogen and oxygen atoms in total. The molecule has 3 rings (SSSR count). The zero-order valence-corrected chi connectivity index (χ0v) is 28.3. The predicted molar refractivity (Wildman–Crippen MR) is 155 cm³/mol. The van der Waals surface area contributed by atoms with E-state index in [0.29, 0.717) is 0 Å². The second-order valence-electron chi connectivity index (χ2n) is 11.4. The van der Waals surface area contributed by atoms with Gasteiger partial charge in [-0.2, -0.15) is 8.42 Å². The van der Waals surface area contributed by atoms with Gasteiger partial charge in [-0.3, -0.25) is 4.55 Å². The first-order chi connectivity index (χ1) is 22.2. The number of aliphatic hydroxyl groups is 4. The third-order valence-corrected chi connectivity index (χ3v) is 9.07. The third kappa shape index (κ3) is 9.54. The van der Waals surface area contributed by atoms with Crippen molar-refractivity contribution in [2.75, 3.05) is 74.8 Å². The Labute approximate surface area is 273 Å². The van der Waals surface area contributed by atoms with E-state index in [9.17, 15) is 33.4 Å². The molecule has 0 aromatic heterocycles. The average Bonchev–Trinajstić information content (AvgIpc) is 3.01. The van der Waals surface area contributed by atoms with Crippen molar-refractivity contribution in [3.63, 3.8) is 0 Å². The lowest BCUT2D eigenvalue weighted by Crippen LogP contribution is -2.72. The summed E-state index contributed by atoms with van der Waals surface area (Å²) >= 11 is 0. The summed E-state index contributed by atoms with van der Waals surface area (Å²) in [4.78, 5) is 0. The van der Waals surface area contributed by atoms with Crippen molar-refractivity contribution in [1.82, 2.24) is 0 Å². The quantitative estimate of drug-likeness (QED) is 0.0731. The first kappa shape index (κ1) is 40.7. The lowest BCUT2D eigenvalue weighted by molar-refractivity contribution is -0.404. The van der Waals surface area contributed by atoms with E-state index in [0.717, 1.165) is 0 Å². The number of aliphatic hydroxyl groups excluding tert-OH is 4. The molecule has 0 aliphatic carbocycles. The van der Waals surface area contributed by atoms with E-state index < -0.39 is 107 Å². The van der Waals surface area contributed by atoms with E-state index in [4.69, 9.17) is 56.8 Å². The van der Waals surface area contributed by atoms with Crippen LogP contribution in [0.2, 0.25) is 0 Å². The fraction of sp³-hybridized carbons (Fsp3) is 1.00. The molecule has 0 saturated carbocycles.